The number of aliphatic hydroxyl groups is 2. The summed E-state index contributed by atoms with van der Waals surface area (Å²) in [7, 11) is 0. The van der Waals surface area contributed by atoms with Crippen molar-refractivity contribution >= 4 is 17.8 Å². The molecule has 0 aromatic heterocycles. The molecule has 1 fully saturated rings. The van der Waals surface area contributed by atoms with E-state index in [1.54, 1.807) is 0 Å². The van der Waals surface area contributed by atoms with Gasteiger partial charge in [0, 0.05) is 0 Å². The first-order valence-corrected chi connectivity index (χ1v) is 3.96. The van der Waals surface area contributed by atoms with Crippen LogP contribution in [0.3, 0.4) is 0 Å². The van der Waals surface area contributed by atoms with E-state index in [9.17, 15) is 14.4 Å². The predicted molar refractivity (Wildman–Crippen MR) is 46.6 cm³/mol. The number of imide groups is 2. The van der Waals surface area contributed by atoms with E-state index in [2.05, 4.69) is 0 Å². The monoisotopic (exact) mass is 220 g/mol. The van der Waals surface area contributed by atoms with Crippen LogP contribution in [-0.4, -0.2) is 57.2 Å². The van der Waals surface area contributed by atoms with Crippen LogP contribution in [0.1, 0.15) is 6.92 Å². The van der Waals surface area contributed by atoms with Crippen molar-refractivity contribution in [3.63, 3.8) is 0 Å². The lowest BCUT2D eigenvalue weighted by Crippen LogP contribution is -2.45. The number of amides is 4. The first kappa shape index (κ1) is 13.5. The van der Waals surface area contributed by atoms with Crippen molar-refractivity contribution in [1.29, 1.82) is 0 Å². The lowest BCUT2D eigenvalue weighted by atomic mass is 10.2. The first-order chi connectivity index (χ1) is 6.49. The van der Waals surface area contributed by atoms with Gasteiger partial charge in [0.2, 0.25) is 0 Å². The Morgan fingerprint density at radius 1 is 1.60 bits per heavy atom. The third-order valence-corrected chi connectivity index (χ3v) is 1.91. The van der Waals surface area contributed by atoms with Crippen LogP contribution in [0.5, 0.6) is 0 Å². The van der Waals surface area contributed by atoms with Crippen LogP contribution in [0.2, 0.25) is 0 Å². The van der Waals surface area contributed by atoms with Gasteiger partial charge in [0.1, 0.15) is 6.04 Å². The minimum Gasteiger partial charge on any atom is -0.412 e. The minimum absolute atomic E-state index is 0. The third-order valence-electron chi connectivity index (χ3n) is 1.91. The summed E-state index contributed by atoms with van der Waals surface area (Å²) >= 11 is 0. The van der Waals surface area contributed by atoms with Crippen molar-refractivity contribution in [1.82, 2.24) is 10.2 Å². The van der Waals surface area contributed by atoms with Crippen molar-refractivity contribution in [3.8, 4) is 0 Å². The molecule has 0 radical (unpaired) electrons. The molecule has 0 bridgehead atoms. The fraction of sp³-hybridized carbons (Fsp3) is 0.571. The smallest absolute Gasteiger partial charge is 0.331 e. The molecule has 2 atom stereocenters. The molecule has 1 aliphatic rings. The zero-order chi connectivity index (χ0) is 10.9. The number of nitrogens with zero attached hydrogens (tertiary/aromatic N) is 1. The second kappa shape index (κ2) is 4.82. The summed E-state index contributed by atoms with van der Waals surface area (Å²) in [6.07, 6.45) is -1.67. The Morgan fingerprint density at radius 3 is 2.47 bits per heavy atom. The molecule has 1 saturated heterocycles. The van der Waals surface area contributed by atoms with Crippen LogP contribution < -0.4 is 5.32 Å². The maximum atomic E-state index is 11.2. The highest BCUT2D eigenvalue weighted by Gasteiger charge is 2.41. The molecule has 5 N–H and O–H groups in total. The highest BCUT2D eigenvalue weighted by Crippen LogP contribution is 2.09. The number of aliphatic hydroxyl groups excluding tert-OH is 2. The lowest BCUT2D eigenvalue weighted by molar-refractivity contribution is -0.141. The van der Waals surface area contributed by atoms with Gasteiger partial charge in [-0.1, -0.05) is 0 Å². The van der Waals surface area contributed by atoms with Crippen molar-refractivity contribution in [2.24, 2.45) is 0 Å². The van der Waals surface area contributed by atoms with E-state index in [-0.39, 0.29) is 5.48 Å². The quantitative estimate of drug-likeness (QED) is 0.425. The van der Waals surface area contributed by atoms with E-state index in [1.165, 1.54) is 6.92 Å². The van der Waals surface area contributed by atoms with E-state index >= 15 is 0 Å². The van der Waals surface area contributed by atoms with Crippen LogP contribution in [0.15, 0.2) is 0 Å². The van der Waals surface area contributed by atoms with Gasteiger partial charge in [-0.2, -0.15) is 0 Å². The van der Waals surface area contributed by atoms with Crippen LogP contribution in [0, 0.1) is 0 Å². The predicted octanol–water partition coefficient (Wildman–Crippen LogP) is -3.02. The van der Waals surface area contributed by atoms with E-state index in [1.807, 2.05) is 5.32 Å². The molecule has 0 aliphatic carbocycles. The summed E-state index contributed by atoms with van der Waals surface area (Å²) in [5.41, 5.74) is 0. The summed E-state index contributed by atoms with van der Waals surface area (Å²) in [5.74, 6) is -1.59. The van der Waals surface area contributed by atoms with Crippen LogP contribution in [-0.2, 0) is 9.59 Å². The number of carbonyl (C=O) groups excluding carboxylic acids is 3. The Balaban J connectivity index is 0.00000196. The van der Waals surface area contributed by atoms with Gasteiger partial charge in [0.05, 0.1) is 6.61 Å². The summed E-state index contributed by atoms with van der Waals surface area (Å²) in [6, 6.07) is -1.82. The normalized spacial score (nSPS) is 22.1. The minimum atomic E-state index is -1.67. The zero-order valence-electron chi connectivity index (χ0n) is 7.93. The molecular weight excluding hydrogens is 208 g/mol. The summed E-state index contributed by atoms with van der Waals surface area (Å²) in [5, 5.41) is 19.4. The number of nitrogens with one attached hydrogen (secondary N) is 1. The van der Waals surface area contributed by atoms with E-state index < -0.39 is 36.6 Å². The molecule has 0 aromatic carbocycles. The number of rotatable bonds is 2. The summed E-state index contributed by atoms with van der Waals surface area (Å²) < 4.78 is 0. The molecule has 86 valence electrons. The van der Waals surface area contributed by atoms with Crippen LogP contribution >= 0.6 is 0 Å². The fourth-order valence-corrected chi connectivity index (χ4v) is 1.09. The Labute approximate surface area is 84.8 Å². The maximum Gasteiger partial charge on any atom is 0.331 e. The molecule has 1 rings (SSSR count). The largest absolute Gasteiger partial charge is 0.412 e. The molecule has 0 saturated carbocycles. The van der Waals surface area contributed by atoms with Crippen LogP contribution in [0.25, 0.3) is 0 Å². The molecule has 0 spiro atoms. The van der Waals surface area contributed by atoms with E-state index in [0.29, 0.717) is 4.90 Å². The molecule has 0 aromatic rings. The summed E-state index contributed by atoms with van der Waals surface area (Å²) in [6.45, 7) is 0.561. The molecule has 2 unspecified atom stereocenters. The second-order valence-corrected chi connectivity index (χ2v) is 2.88. The van der Waals surface area contributed by atoms with Crippen molar-refractivity contribution in [3.05, 3.63) is 0 Å². The molecule has 15 heavy (non-hydrogen) atoms. The molecule has 4 amide bonds. The van der Waals surface area contributed by atoms with Crippen LogP contribution in [0.4, 0.5) is 4.79 Å². The fourth-order valence-electron chi connectivity index (χ4n) is 1.09. The van der Waals surface area contributed by atoms with Crippen molar-refractivity contribution in [2.45, 2.75) is 19.1 Å². The van der Waals surface area contributed by atoms with E-state index in [4.69, 9.17) is 10.2 Å². The van der Waals surface area contributed by atoms with Gasteiger partial charge in [-0.3, -0.25) is 14.9 Å². The topological polar surface area (TPSA) is 138 Å². The van der Waals surface area contributed by atoms with Gasteiger partial charge in [0.15, 0.2) is 6.10 Å². The van der Waals surface area contributed by atoms with Crippen molar-refractivity contribution < 1.29 is 30.1 Å². The number of carbonyl (C=O) groups is 3. The Kier molecular flexibility index (Phi) is 4.34. The van der Waals surface area contributed by atoms with E-state index in [0.717, 1.165) is 0 Å². The first-order valence-electron chi connectivity index (χ1n) is 3.96. The lowest BCUT2D eigenvalue weighted by Gasteiger charge is -2.18. The van der Waals surface area contributed by atoms with Gasteiger partial charge in [-0.25, -0.2) is 9.69 Å². The zero-order valence-corrected chi connectivity index (χ0v) is 7.93. The summed E-state index contributed by atoms with van der Waals surface area (Å²) in [4.78, 5) is 33.8. The molecular formula is C7H12N2O6. The standard InChI is InChI=1S/C7H10N2O5.H2O/c1-3-5(12)8-7(14)9(3)6(13)4(11)2-10;/h3-4,10-11H,2H2,1H3,(H,8,12,14);1H2. The average Bonchev–Trinajstić information content (AvgIpc) is 2.39. The highest BCUT2D eigenvalue weighted by molar-refractivity contribution is 6.12. The Morgan fingerprint density at radius 2 is 2.13 bits per heavy atom. The number of hydrogen-bond acceptors (Lipinski definition) is 5. The number of urea groups is 1. The number of hydrogen-bond donors (Lipinski definition) is 3. The van der Waals surface area contributed by atoms with Crippen molar-refractivity contribution in [2.75, 3.05) is 6.61 Å². The highest BCUT2D eigenvalue weighted by atomic mass is 16.3. The van der Waals surface area contributed by atoms with Gasteiger partial charge in [0.25, 0.3) is 11.8 Å². The maximum absolute atomic E-state index is 11.2. The average molecular weight is 220 g/mol. The molecule has 8 nitrogen and oxygen atoms in total. The molecule has 8 heteroatoms. The Bertz CT molecular complexity index is 291. The van der Waals surface area contributed by atoms with Gasteiger partial charge >= 0.3 is 6.03 Å². The van der Waals surface area contributed by atoms with Gasteiger partial charge in [-0.15, -0.1) is 0 Å². The second-order valence-electron chi connectivity index (χ2n) is 2.88. The third kappa shape index (κ3) is 2.29. The van der Waals surface area contributed by atoms with Gasteiger partial charge < -0.3 is 15.7 Å². The SMILES string of the molecule is CC1C(=O)NC(=O)N1C(=O)C(O)CO.O. The van der Waals surface area contributed by atoms with Gasteiger partial charge in [-0.05, 0) is 6.92 Å². The Hall–Kier alpha value is -1.51. The molecule has 1 aliphatic heterocycles. The molecule has 1 heterocycles.